The van der Waals surface area contributed by atoms with Crippen molar-refractivity contribution in [2.24, 2.45) is 5.73 Å². The summed E-state index contributed by atoms with van der Waals surface area (Å²) in [5, 5.41) is 0. The number of aryl methyl sites for hydroxylation is 2. The molecule has 20 heavy (non-hydrogen) atoms. The maximum atomic E-state index is 11.7. The number of hydrogen-bond acceptors (Lipinski definition) is 3. The van der Waals surface area contributed by atoms with Crippen LogP contribution in [0.1, 0.15) is 22.3 Å². The predicted molar refractivity (Wildman–Crippen MR) is 82.2 cm³/mol. The molecule has 6 heteroatoms. The third-order valence-corrected chi connectivity index (χ3v) is 3.39. The van der Waals surface area contributed by atoms with E-state index < -0.39 is 5.69 Å². The van der Waals surface area contributed by atoms with Crippen LogP contribution in [0.4, 0.5) is 0 Å². The average Bonchev–Trinajstić information content (AvgIpc) is 2.37. The maximum absolute atomic E-state index is 11.7. The first-order valence-electron chi connectivity index (χ1n) is 6.08. The van der Waals surface area contributed by atoms with Gasteiger partial charge in [0, 0.05) is 17.3 Å². The fourth-order valence-corrected chi connectivity index (χ4v) is 2.07. The van der Waals surface area contributed by atoms with E-state index in [-0.39, 0.29) is 5.56 Å². The minimum atomic E-state index is -0.418. The third kappa shape index (κ3) is 2.85. The van der Waals surface area contributed by atoms with Gasteiger partial charge in [-0.3, -0.25) is 14.3 Å². The van der Waals surface area contributed by atoms with E-state index in [2.05, 4.69) is 4.98 Å². The van der Waals surface area contributed by atoms with E-state index in [1.54, 1.807) is 13.1 Å². The Labute approximate surface area is 121 Å². The standard InChI is InChI=1S/C14H15N3O2S/c1-8-5-10(12(15)20)3-4-11(8)7-17-6-9(2)13(18)16-14(17)19/h3-6H,7H2,1-2H3,(H2,15,20)(H,16,18,19). The van der Waals surface area contributed by atoms with Gasteiger partial charge in [-0.05, 0) is 31.0 Å². The minimum Gasteiger partial charge on any atom is -0.389 e. The molecule has 0 saturated heterocycles. The zero-order valence-corrected chi connectivity index (χ0v) is 12.1. The summed E-state index contributed by atoms with van der Waals surface area (Å²) in [5.74, 6) is 0. The fraction of sp³-hybridized carbons (Fsp3) is 0.214. The Morgan fingerprint density at radius 3 is 2.60 bits per heavy atom. The lowest BCUT2D eigenvalue weighted by Crippen LogP contribution is -2.31. The van der Waals surface area contributed by atoms with Crippen LogP contribution in [0, 0.1) is 13.8 Å². The van der Waals surface area contributed by atoms with Crippen molar-refractivity contribution in [2.45, 2.75) is 20.4 Å². The molecule has 0 aliphatic heterocycles. The molecule has 1 aromatic carbocycles. The second-order valence-corrected chi connectivity index (χ2v) is 5.14. The molecule has 0 unspecified atom stereocenters. The van der Waals surface area contributed by atoms with E-state index in [4.69, 9.17) is 18.0 Å². The van der Waals surface area contributed by atoms with Crippen molar-refractivity contribution in [2.75, 3.05) is 0 Å². The molecule has 3 N–H and O–H groups in total. The second kappa shape index (κ2) is 5.42. The first-order valence-corrected chi connectivity index (χ1v) is 6.49. The SMILES string of the molecule is Cc1cc(C(N)=S)ccc1Cn1cc(C)c(=O)[nH]c1=O. The highest BCUT2D eigenvalue weighted by Gasteiger charge is 2.06. The van der Waals surface area contributed by atoms with E-state index in [0.717, 1.165) is 16.7 Å². The van der Waals surface area contributed by atoms with Crippen LogP contribution in [-0.4, -0.2) is 14.5 Å². The zero-order valence-electron chi connectivity index (χ0n) is 11.3. The van der Waals surface area contributed by atoms with E-state index in [1.807, 2.05) is 25.1 Å². The highest BCUT2D eigenvalue weighted by molar-refractivity contribution is 7.80. The number of H-pyrrole nitrogens is 1. The Morgan fingerprint density at radius 1 is 1.30 bits per heavy atom. The number of nitrogens with zero attached hydrogens (tertiary/aromatic N) is 1. The molecular formula is C14H15N3O2S. The molecule has 1 heterocycles. The van der Waals surface area contributed by atoms with Gasteiger partial charge < -0.3 is 5.73 Å². The van der Waals surface area contributed by atoms with Crippen LogP contribution in [0.3, 0.4) is 0 Å². The van der Waals surface area contributed by atoms with Crippen LogP contribution < -0.4 is 17.0 Å². The van der Waals surface area contributed by atoms with Crippen molar-refractivity contribution in [1.29, 1.82) is 0 Å². The number of nitrogens with one attached hydrogen (secondary N) is 1. The third-order valence-electron chi connectivity index (χ3n) is 3.16. The molecule has 1 aromatic heterocycles. The van der Waals surface area contributed by atoms with Crippen LogP contribution in [0.15, 0.2) is 34.0 Å². The molecule has 0 atom stereocenters. The molecule has 2 aromatic rings. The molecule has 0 radical (unpaired) electrons. The van der Waals surface area contributed by atoms with Crippen molar-refractivity contribution >= 4 is 17.2 Å². The smallest absolute Gasteiger partial charge is 0.328 e. The number of rotatable bonds is 3. The summed E-state index contributed by atoms with van der Waals surface area (Å²) in [7, 11) is 0. The predicted octanol–water partition coefficient (Wildman–Crippen LogP) is 0.836. The Bertz CT molecular complexity index is 790. The van der Waals surface area contributed by atoms with Crippen molar-refractivity contribution in [3.8, 4) is 0 Å². The summed E-state index contributed by atoms with van der Waals surface area (Å²) in [6.07, 6.45) is 1.56. The largest absolute Gasteiger partial charge is 0.389 e. The van der Waals surface area contributed by atoms with Crippen LogP contribution in [-0.2, 0) is 6.54 Å². The van der Waals surface area contributed by atoms with Crippen molar-refractivity contribution in [3.63, 3.8) is 0 Å². The molecule has 104 valence electrons. The summed E-state index contributed by atoms with van der Waals surface area (Å²) < 4.78 is 1.47. The lowest BCUT2D eigenvalue weighted by atomic mass is 10.0. The topological polar surface area (TPSA) is 80.9 Å². The average molecular weight is 289 g/mol. The van der Waals surface area contributed by atoms with Crippen LogP contribution >= 0.6 is 12.2 Å². The van der Waals surface area contributed by atoms with Gasteiger partial charge in [-0.25, -0.2) is 4.79 Å². The van der Waals surface area contributed by atoms with Gasteiger partial charge in [0.2, 0.25) is 0 Å². The summed E-state index contributed by atoms with van der Waals surface area (Å²) in [4.78, 5) is 25.7. The van der Waals surface area contributed by atoms with Gasteiger partial charge in [0.05, 0.1) is 6.54 Å². The molecule has 0 amide bonds. The summed E-state index contributed by atoms with van der Waals surface area (Å²) in [6.45, 7) is 3.98. The zero-order chi connectivity index (χ0) is 14.9. The first-order chi connectivity index (χ1) is 9.38. The van der Waals surface area contributed by atoms with Crippen molar-refractivity contribution < 1.29 is 0 Å². The number of aromatic amines is 1. The normalized spacial score (nSPS) is 10.5. The second-order valence-electron chi connectivity index (χ2n) is 4.70. The van der Waals surface area contributed by atoms with Gasteiger partial charge >= 0.3 is 5.69 Å². The van der Waals surface area contributed by atoms with Gasteiger partial charge in [0.15, 0.2) is 0 Å². The molecule has 0 aliphatic carbocycles. The molecule has 2 rings (SSSR count). The summed E-state index contributed by atoms with van der Waals surface area (Å²) >= 11 is 4.93. The lowest BCUT2D eigenvalue weighted by molar-refractivity contribution is 0.710. The van der Waals surface area contributed by atoms with Crippen molar-refractivity contribution in [3.05, 3.63) is 67.5 Å². The van der Waals surface area contributed by atoms with E-state index >= 15 is 0 Å². The lowest BCUT2D eigenvalue weighted by Gasteiger charge is -2.10. The van der Waals surface area contributed by atoms with Crippen LogP contribution in [0.2, 0.25) is 0 Å². The minimum absolute atomic E-state index is 0.344. The molecule has 0 spiro atoms. The van der Waals surface area contributed by atoms with Crippen LogP contribution in [0.5, 0.6) is 0 Å². The summed E-state index contributed by atoms with van der Waals surface area (Å²) in [5.41, 5.74) is 8.07. The van der Waals surface area contributed by atoms with Crippen molar-refractivity contribution in [1.82, 2.24) is 9.55 Å². The van der Waals surface area contributed by atoms with Gasteiger partial charge in [0.25, 0.3) is 5.56 Å². The monoisotopic (exact) mass is 289 g/mol. The van der Waals surface area contributed by atoms with Gasteiger partial charge in [-0.1, -0.05) is 24.4 Å². The Hall–Kier alpha value is -2.21. The molecule has 5 nitrogen and oxygen atoms in total. The van der Waals surface area contributed by atoms with E-state index in [1.165, 1.54) is 4.57 Å². The van der Waals surface area contributed by atoms with Crippen LogP contribution in [0.25, 0.3) is 0 Å². The molecule has 0 aliphatic rings. The number of nitrogens with two attached hydrogens (primary N) is 1. The van der Waals surface area contributed by atoms with E-state index in [0.29, 0.717) is 17.1 Å². The van der Waals surface area contributed by atoms with Gasteiger partial charge in [0.1, 0.15) is 4.99 Å². The Morgan fingerprint density at radius 2 is 2.00 bits per heavy atom. The molecular weight excluding hydrogens is 274 g/mol. The highest BCUT2D eigenvalue weighted by atomic mass is 32.1. The quantitative estimate of drug-likeness (QED) is 0.820. The van der Waals surface area contributed by atoms with Gasteiger partial charge in [-0.2, -0.15) is 0 Å². The number of benzene rings is 1. The Kier molecular flexibility index (Phi) is 3.85. The molecule has 0 fully saturated rings. The number of thiocarbonyl (C=S) groups is 1. The van der Waals surface area contributed by atoms with E-state index in [9.17, 15) is 9.59 Å². The molecule has 0 saturated carbocycles. The number of hydrogen-bond donors (Lipinski definition) is 2. The molecule has 0 bridgehead atoms. The summed E-state index contributed by atoms with van der Waals surface area (Å²) in [6, 6.07) is 5.60. The number of aromatic nitrogens is 2. The highest BCUT2D eigenvalue weighted by Crippen LogP contribution is 2.12. The maximum Gasteiger partial charge on any atom is 0.328 e. The fourth-order valence-electron chi connectivity index (χ4n) is 1.95. The van der Waals surface area contributed by atoms with Gasteiger partial charge in [-0.15, -0.1) is 0 Å². The Balaban J connectivity index is 2.40. The first kappa shape index (κ1) is 14.2.